The molecule has 3 aromatic rings. The van der Waals surface area contributed by atoms with Crippen LogP contribution in [0.5, 0.6) is 0 Å². The van der Waals surface area contributed by atoms with E-state index in [1.807, 2.05) is 19.2 Å². The first kappa shape index (κ1) is 18.9. The van der Waals surface area contributed by atoms with Crippen molar-refractivity contribution in [1.29, 1.82) is 0 Å². The number of benzene rings is 2. The summed E-state index contributed by atoms with van der Waals surface area (Å²) in [5.41, 5.74) is 5.91. The number of hydrogen-bond donors (Lipinski definition) is 1. The zero-order chi connectivity index (χ0) is 20.0. The minimum absolute atomic E-state index is 0.0261. The van der Waals surface area contributed by atoms with E-state index in [1.165, 1.54) is 21.6 Å². The average molecular weight is 408 g/mol. The summed E-state index contributed by atoms with van der Waals surface area (Å²) < 4.78 is 12.4. The molecular weight excluding hydrogens is 382 g/mol. The largest absolute Gasteiger partial charge is 0.393 e. The van der Waals surface area contributed by atoms with Crippen LogP contribution in [0.4, 0.5) is 0 Å². The molecule has 5 heteroatoms. The summed E-state index contributed by atoms with van der Waals surface area (Å²) in [6, 6.07) is 14.8. The van der Waals surface area contributed by atoms with Gasteiger partial charge in [-0.1, -0.05) is 36.4 Å². The zero-order valence-electron chi connectivity index (χ0n) is 16.7. The van der Waals surface area contributed by atoms with Crippen molar-refractivity contribution in [3.05, 3.63) is 75.9 Å². The third kappa shape index (κ3) is 3.53. The molecule has 1 aromatic heterocycles. The Balaban J connectivity index is 1.45. The maximum absolute atomic E-state index is 10.3. The fourth-order valence-electron chi connectivity index (χ4n) is 4.50. The van der Waals surface area contributed by atoms with Gasteiger partial charge in [-0.2, -0.15) is 0 Å². The number of rotatable bonds is 3. The number of aryl methyl sites for hydroxylation is 1. The summed E-state index contributed by atoms with van der Waals surface area (Å²) in [4.78, 5) is 5.85. The van der Waals surface area contributed by atoms with E-state index >= 15 is 0 Å². The first-order chi connectivity index (χ1) is 14.0. The third-order valence-corrected chi connectivity index (χ3v) is 6.93. The summed E-state index contributed by atoms with van der Waals surface area (Å²) in [6.45, 7) is 4.68. The van der Waals surface area contributed by atoms with Crippen molar-refractivity contribution in [3.63, 3.8) is 0 Å². The molecule has 2 aromatic carbocycles. The van der Waals surface area contributed by atoms with E-state index in [9.17, 15) is 5.11 Å². The summed E-state index contributed by atoms with van der Waals surface area (Å²) in [6.07, 6.45) is 3.46. The Morgan fingerprint density at radius 1 is 1.24 bits per heavy atom. The normalized spacial score (nSPS) is 26.0. The van der Waals surface area contributed by atoms with Gasteiger partial charge in [0.25, 0.3) is 0 Å². The first-order valence-electron chi connectivity index (χ1n) is 10.2. The zero-order valence-corrected chi connectivity index (χ0v) is 17.5. The molecule has 0 amide bonds. The van der Waals surface area contributed by atoms with Crippen LogP contribution in [0, 0.1) is 6.92 Å². The van der Waals surface area contributed by atoms with E-state index in [0.29, 0.717) is 19.4 Å². The summed E-state index contributed by atoms with van der Waals surface area (Å²) >= 11 is 1.74. The van der Waals surface area contributed by atoms with Crippen molar-refractivity contribution in [1.82, 2.24) is 4.98 Å². The number of ether oxygens (including phenoxy) is 2. The maximum atomic E-state index is 10.3. The Morgan fingerprint density at radius 3 is 2.86 bits per heavy atom. The Morgan fingerprint density at radius 2 is 2.07 bits per heavy atom. The van der Waals surface area contributed by atoms with E-state index in [4.69, 9.17) is 9.47 Å². The van der Waals surface area contributed by atoms with Gasteiger partial charge >= 0.3 is 0 Å². The molecule has 1 fully saturated rings. The molecule has 150 valence electrons. The number of hydrogen-bond acceptors (Lipinski definition) is 5. The number of thiazole rings is 1. The molecule has 29 heavy (non-hydrogen) atoms. The highest BCUT2D eigenvalue weighted by Crippen LogP contribution is 2.46. The first-order valence-corrected chi connectivity index (χ1v) is 11.0. The van der Waals surface area contributed by atoms with Gasteiger partial charge in [-0.3, -0.25) is 0 Å². The van der Waals surface area contributed by atoms with Crippen LogP contribution in [-0.4, -0.2) is 22.3 Å². The Hall–Kier alpha value is -2.05. The molecule has 0 aliphatic carbocycles. The van der Waals surface area contributed by atoms with Crippen LogP contribution in [0.15, 0.2) is 48.7 Å². The van der Waals surface area contributed by atoms with Crippen molar-refractivity contribution in [2.24, 2.45) is 0 Å². The fourth-order valence-corrected chi connectivity index (χ4v) is 5.45. The van der Waals surface area contributed by atoms with Gasteiger partial charge < -0.3 is 14.6 Å². The molecule has 0 unspecified atom stereocenters. The maximum Gasteiger partial charge on any atom is 0.198 e. The second kappa shape index (κ2) is 7.33. The van der Waals surface area contributed by atoms with Crippen LogP contribution in [-0.2, 0) is 28.3 Å². The lowest BCUT2D eigenvalue weighted by Gasteiger charge is -2.39. The molecule has 5 rings (SSSR count). The van der Waals surface area contributed by atoms with Gasteiger partial charge in [-0.05, 0) is 48.6 Å². The predicted molar refractivity (Wildman–Crippen MR) is 114 cm³/mol. The van der Waals surface area contributed by atoms with Crippen LogP contribution < -0.4 is 0 Å². The molecule has 4 nitrogen and oxygen atoms in total. The molecular formula is C24H25NO3S. The fraction of sp³-hybridized carbons (Fsp3) is 0.375. The molecule has 1 N–H and O–H groups in total. The van der Waals surface area contributed by atoms with E-state index in [-0.39, 0.29) is 6.10 Å². The van der Waals surface area contributed by atoms with Crippen LogP contribution in [0.3, 0.4) is 0 Å². The van der Waals surface area contributed by atoms with Gasteiger partial charge in [-0.15, -0.1) is 11.3 Å². The number of fused-ring (bicyclic) bond motifs is 2. The van der Waals surface area contributed by atoms with E-state index in [2.05, 4.69) is 48.3 Å². The lowest BCUT2D eigenvalue weighted by Crippen LogP contribution is -2.43. The van der Waals surface area contributed by atoms with Crippen molar-refractivity contribution < 1.29 is 14.6 Å². The lowest BCUT2D eigenvalue weighted by molar-refractivity contribution is -0.295. The number of aliphatic hydroxyl groups is 1. The van der Waals surface area contributed by atoms with Crippen LogP contribution in [0.1, 0.15) is 47.0 Å². The SMILES string of the molecule is Cc1cc2c(cc1Cc1ncc(-c3ccccc3)s1)[C@]1(C[C@@H](O)C[C@@H](C)O1)OC2. The van der Waals surface area contributed by atoms with Crippen LogP contribution in [0.25, 0.3) is 10.4 Å². The summed E-state index contributed by atoms with van der Waals surface area (Å²) in [7, 11) is 0. The highest BCUT2D eigenvalue weighted by Gasteiger charge is 2.47. The molecule has 3 heterocycles. The highest BCUT2D eigenvalue weighted by molar-refractivity contribution is 7.15. The van der Waals surface area contributed by atoms with Crippen LogP contribution >= 0.6 is 11.3 Å². The number of nitrogens with zero attached hydrogens (tertiary/aromatic N) is 1. The van der Waals surface area contributed by atoms with Gasteiger partial charge in [0, 0.05) is 24.6 Å². The van der Waals surface area contributed by atoms with E-state index in [0.717, 1.165) is 22.6 Å². The molecule has 2 aliphatic heterocycles. The molecule has 1 saturated heterocycles. The smallest absolute Gasteiger partial charge is 0.198 e. The van der Waals surface area contributed by atoms with Crippen LogP contribution in [0.2, 0.25) is 0 Å². The second-order valence-electron chi connectivity index (χ2n) is 8.16. The summed E-state index contributed by atoms with van der Waals surface area (Å²) in [5.74, 6) is -0.813. The highest BCUT2D eigenvalue weighted by atomic mass is 32.1. The van der Waals surface area contributed by atoms with Gasteiger partial charge in [0.1, 0.15) is 0 Å². The van der Waals surface area contributed by atoms with Crippen molar-refractivity contribution >= 4 is 11.3 Å². The topological polar surface area (TPSA) is 51.6 Å². The summed E-state index contributed by atoms with van der Waals surface area (Å²) in [5, 5.41) is 11.4. The van der Waals surface area contributed by atoms with E-state index in [1.54, 1.807) is 11.3 Å². The van der Waals surface area contributed by atoms with Crippen molar-refractivity contribution in [2.45, 2.75) is 57.7 Å². The predicted octanol–water partition coefficient (Wildman–Crippen LogP) is 4.95. The Labute approximate surface area is 175 Å². The minimum atomic E-state index is -0.813. The Bertz CT molecular complexity index is 1020. The van der Waals surface area contributed by atoms with Gasteiger partial charge in [-0.25, -0.2) is 4.98 Å². The van der Waals surface area contributed by atoms with E-state index < -0.39 is 11.9 Å². The second-order valence-corrected chi connectivity index (χ2v) is 9.28. The molecule has 3 atom stereocenters. The third-order valence-electron chi connectivity index (χ3n) is 5.89. The quantitative estimate of drug-likeness (QED) is 0.667. The number of aromatic nitrogens is 1. The van der Waals surface area contributed by atoms with Crippen molar-refractivity contribution in [2.75, 3.05) is 0 Å². The van der Waals surface area contributed by atoms with Crippen molar-refractivity contribution in [3.8, 4) is 10.4 Å². The number of aliphatic hydroxyl groups excluding tert-OH is 1. The molecule has 0 radical (unpaired) electrons. The molecule has 2 aliphatic rings. The monoisotopic (exact) mass is 407 g/mol. The average Bonchev–Trinajstić information content (AvgIpc) is 3.28. The lowest BCUT2D eigenvalue weighted by atomic mass is 9.89. The van der Waals surface area contributed by atoms with Gasteiger partial charge in [0.15, 0.2) is 5.79 Å². The van der Waals surface area contributed by atoms with Gasteiger partial charge in [0.05, 0.1) is 28.7 Å². The standard InChI is InChI=1S/C24H25NO3S/c1-15-8-19-14-27-24(12-20(26)9-16(2)28-24)21(19)10-18(15)11-23-25-13-22(29-23)17-6-4-3-5-7-17/h3-8,10,13,16,20,26H,9,11-12,14H2,1-2H3/t16-,20+,24-/m1/s1. The Kier molecular flexibility index (Phi) is 4.79. The molecule has 0 saturated carbocycles. The van der Waals surface area contributed by atoms with Gasteiger partial charge in [0.2, 0.25) is 0 Å². The molecule has 0 bridgehead atoms. The minimum Gasteiger partial charge on any atom is -0.393 e. The molecule has 1 spiro atoms.